The molecule has 0 bridgehead atoms. The van der Waals surface area contributed by atoms with Crippen LogP contribution in [-0.4, -0.2) is 47.1 Å². The zero-order valence-corrected chi connectivity index (χ0v) is 11.3. The Hall–Kier alpha value is -1.62. The molecular formula is C14H21N3O2. The van der Waals surface area contributed by atoms with Crippen LogP contribution in [0, 0.1) is 0 Å². The highest BCUT2D eigenvalue weighted by molar-refractivity contribution is 5.95. The predicted octanol–water partition coefficient (Wildman–Crippen LogP) is 1.50. The third-order valence-corrected chi connectivity index (χ3v) is 3.61. The van der Waals surface area contributed by atoms with Crippen LogP contribution >= 0.6 is 0 Å². The Kier molecular flexibility index (Phi) is 4.74. The van der Waals surface area contributed by atoms with Crippen LogP contribution in [0.2, 0.25) is 0 Å². The van der Waals surface area contributed by atoms with E-state index in [1.807, 2.05) is 4.90 Å². The smallest absolute Gasteiger partial charge is 0.254 e. The van der Waals surface area contributed by atoms with Gasteiger partial charge in [0.25, 0.3) is 5.91 Å². The molecule has 5 heteroatoms. The molecule has 1 fully saturated rings. The highest BCUT2D eigenvalue weighted by Crippen LogP contribution is 2.19. The van der Waals surface area contributed by atoms with Gasteiger partial charge in [-0.2, -0.15) is 0 Å². The summed E-state index contributed by atoms with van der Waals surface area (Å²) < 4.78 is 0. The van der Waals surface area contributed by atoms with Crippen molar-refractivity contribution in [2.75, 3.05) is 25.5 Å². The topological polar surface area (TPSA) is 65.5 Å². The maximum atomic E-state index is 12.5. The van der Waals surface area contributed by atoms with Crippen LogP contribution in [0.1, 0.15) is 36.0 Å². The van der Waals surface area contributed by atoms with Gasteiger partial charge in [-0.25, -0.2) is 4.98 Å². The number of aromatic nitrogens is 1. The van der Waals surface area contributed by atoms with Gasteiger partial charge in [0.15, 0.2) is 0 Å². The van der Waals surface area contributed by atoms with E-state index in [9.17, 15) is 9.90 Å². The van der Waals surface area contributed by atoms with Crippen molar-refractivity contribution < 1.29 is 9.90 Å². The molecule has 1 atom stereocenters. The fraction of sp³-hybridized carbons (Fsp3) is 0.571. The SMILES string of the molecule is CNc1cc(C(=O)N2CCCCCC2CO)ccn1. The molecule has 0 aromatic carbocycles. The van der Waals surface area contributed by atoms with E-state index in [0.29, 0.717) is 11.4 Å². The van der Waals surface area contributed by atoms with Crippen molar-refractivity contribution in [3.05, 3.63) is 23.9 Å². The van der Waals surface area contributed by atoms with E-state index in [-0.39, 0.29) is 18.6 Å². The van der Waals surface area contributed by atoms with Crippen molar-refractivity contribution >= 4 is 11.7 Å². The lowest BCUT2D eigenvalue weighted by Crippen LogP contribution is -2.42. The van der Waals surface area contributed by atoms with Crippen molar-refractivity contribution in [1.29, 1.82) is 0 Å². The Labute approximate surface area is 113 Å². The summed E-state index contributed by atoms with van der Waals surface area (Å²) in [6.07, 6.45) is 5.72. The summed E-state index contributed by atoms with van der Waals surface area (Å²) >= 11 is 0. The minimum absolute atomic E-state index is 0.0140. The normalized spacial score (nSPS) is 19.9. The maximum absolute atomic E-state index is 12.5. The summed E-state index contributed by atoms with van der Waals surface area (Å²) in [5.41, 5.74) is 0.625. The number of pyridine rings is 1. The molecule has 0 aliphatic carbocycles. The monoisotopic (exact) mass is 263 g/mol. The predicted molar refractivity (Wildman–Crippen MR) is 74.2 cm³/mol. The average molecular weight is 263 g/mol. The highest BCUT2D eigenvalue weighted by Gasteiger charge is 2.25. The van der Waals surface area contributed by atoms with Crippen LogP contribution in [0.5, 0.6) is 0 Å². The number of aliphatic hydroxyl groups excluding tert-OH is 1. The molecule has 1 unspecified atom stereocenters. The Morgan fingerprint density at radius 1 is 1.53 bits per heavy atom. The van der Waals surface area contributed by atoms with Crippen LogP contribution in [0.4, 0.5) is 5.82 Å². The molecule has 19 heavy (non-hydrogen) atoms. The van der Waals surface area contributed by atoms with Gasteiger partial charge in [0.2, 0.25) is 0 Å². The number of rotatable bonds is 3. The fourth-order valence-corrected chi connectivity index (χ4v) is 2.50. The number of nitrogens with zero attached hydrogens (tertiary/aromatic N) is 2. The molecule has 0 saturated carbocycles. The van der Waals surface area contributed by atoms with Crippen LogP contribution < -0.4 is 5.32 Å². The molecule has 1 aromatic heterocycles. The van der Waals surface area contributed by atoms with Gasteiger partial charge in [-0.15, -0.1) is 0 Å². The third kappa shape index (κ3) is 3.23. The van der Waals surface area contributed by atoms with Gasteiger partial charge < -0.3 is 15.3 Å². The van der Waals surface area contributed by atoms with Gasteiger partial charge in [0.05, 0.1) is 12.6 Å². The van der Waals surface area contributed by atoms with E-state index >= 15 is 0 Å². The van der Waals surface area contributed by atoms with Crippen LogP contribution in [-0.2, 0) is 0 Å². The van der Waals surface area contributed by atoms with Crippen molar-refractivity contribution in [3.8, 4) is 0 Å². The summed E-state index contributed by atoms with van der Waals surface area (Å²) in [7, 11) is 1.78. The second kappa shape index (κ2) is 6.52. The number of likely N-dealkylation sites (tertiary alicyclic amines) is 1. The number of anilines is 1. The lowest BCUT2D eigenvalue weighted by molar-refractivity contribution is 0.0600. The Balaban J connectivity index is 2.20. The van der Waals surface area contributed by atoms with Crippen LogP contribution in [0.3, 0.4) is 0 Å². The van der Waals surface area contributed by atoms with E-state index in [1.165, 1.54) is 0 Å². The first-order valence-corrected chi connectivity index (χ1v) is 6.82. The zero-order chi connectivity index (χ0) is 13.7. The van der Waals surface area contributed by atoms with Crippen molar-refractivity contribution in [2.45, 2.75) is 31.7 Å². The van der Waals surface area contributed by atoms with Crippen molar-refractivity contribution in [1.82, 2.24) is 9.88 Å². The van der Waals surface area contributed by atoms with E-state index in [2.05, 4.69) is 10.3 Å². The number of hydrogen-bond donors (Lipinski definition) is 2. The number of aliphatic hydroxyl groups is 1. The quantitative estimate of drug-likeness (QED) is 0.867. The Morgan fingerprint density at radius 3 is 3.11 bits per heavy atom. The summed E-state index contributed by atoms with van der Waals surface area (Å²) in [5.74, 6) is 0.668. The standard InChI is InChI=1S/C14H21N3O2/c1-15-13-9-11(6-7-16-13)14(19)17-8-4-2-3-5-12(17)10-18/h6-7,9,12,18H,2-5,8,10H2,1H3,(H,15,16). The zero-order valence-electron chi connectivity index (χ0n) is 11.3. The molecule has 104 valence electrons. The summed E-state index contributed by atoms with van der Waals surface area (Å²) in [6.45, 7) is 0.761. The lowest BCUT2D eigenvalue weighted by Gasteiger charge is -2.28. The van der Waals surface area contributed by atoms with Gasteiger partial charge >= 0.3 is 0 Å². The minimum Gasteiger partial charge on any atom is -0.394 e. The van der Waals surface area contributed by atoms with E-state index in [1.54, 1.807) is 25.4 Å². The number of hydrogen-bond acceptors (Lipinski definition) is 4. The maximum Gasteiger partial charge on any atom is 0.254 e. The second-order valence-corrected chi connectivity index (χ2v) is 4.86. The molecular weight excluding hydrogens is 242 g/mol. The van der Waals surface area contributed by atoms with E-state index in [0.717, 1.165) is 32.2 Å². The van der Waals surface area contributed by atoms with E-state index < -0.39 is 0 Å². The molecule has 1 saturated heterocycles. The number of nitrogens with one attached hydrogen (secondary N) is 1. The fourth-order valence-electron chi connectivity index (χ4n) is 2.50. The Morgan fingerprint density at radius 2 is 2.37 bits per heavy atom. The second-order valence-electron chi connectivity index (χ2n) is 4.86. The molecule has 2 N–H and O–H groups in total. The van der Waals surface area contributed by atoms with Crippen molar-refractivity contribution in [2.24, 2.45) is 0 Å². The largest absolute Gasteiger partial charge is 0.394 e. The number of carbonyl (C=O) groups excluding carboxylic acids is 1. The van der Waals surface area contributed by atoms with Gasteiger partial charge in [0, 0.05) is 25.4 Å². The van der Waals surface area contributed by atoms with E-state index in [4.69, 9.17) is 0 Å². The minimum atomic E-state index is -0.0544. The first-order chi connectivity index (χ1) is 9.26. The summed E-state index contributed by atoms with van der Waals surface area (Å²) in [5, 5.41) is 12.4. The molecule has 2 heterocycles. The summed E-state index contributed by atoms with van der Waals surface area (Å²) in [4.78, 5) is 18.5. The molecule has 1 amide bonds. The molecule has 1 aliphatic heterocycles. The Bertz CT molecular complexity index is 436. The molecule has 0 spiro atoms. The van der Waals surface area contributed by atoms with Crippen LogP contribution in [0.25, 0.3) is 0 Å². The van der Waals surface area contributed by atoms with Gasteiger partial charge in [-0.1, -0.05) is 12.8 Å². The molecule has 1 aromatic rings. The molecule has 5 nitrogen and oxygen atoms in total. The van der Waals surface area contributed by atoms with Gasteiger partial charge in [0.1, 0.15) is 5.82 Å². The van der Waals surface area contributed by atoms with Crippen LogP contribution in [0.15, 0.2) is 18.3 Å². The summed E-state index contributed by atoms with van der Waals surface area (Å²) in [6, 6.07) is 3.42. The van der Waals surface area contributed by atoms with Gasteiger partial charge in [-0.05, 0) is 25.0 Å². The van der Waals surface area contributed by atoms with Crippen molar-refractivity contribution in [3.63, 3.8) is 0 Å². The number of amides is 1. The lowest BCUT2D eigenvalue weighted by atomic mass is 10.1. The first kappa shape index (κ1) is 13.8. The molecule has 2 rings (SSSR count). The highest BCUT2D eigenvalue weighted by atomic mass is 16.3. The third-order valence-electron chi connectivity index (χ3n) is 3.61. The molecule has 1 aliphatic rings. The number of carbonyl (C=O) groups is 1. The molecule has 0 radical (unpaired) electrons. The van der Waals surface area contributed by atoms with Gasteiger partial charge in [-0.3, -0.25) is 4.79 Å². The first-order valence-electron chi connectivity index (χ1n) is 6.82. The average Bonchev–Trinajstić information content (AvgIpc) is 2.71.